The molecule has 0 radical (unpaired) electrons. The first-order valence-corrected chi connectivity index (χ1v) is 5.61. The molecule has 2 atom stereocenters. The molecule has 1 nitrogen and oxygen atoms in total. The van der Waals surface area contributed by atoms with Crippen LogP contribution in [0.1, 0.15) is 52.4 Å². The Balaban J connectivity index is 2.14. The van der Waals surface area contributed by atoms with Gasteiger partial charge in [0.05, 0.1) is 0 Å². The van der Waals surface area contributed by atoms with Crippen molar-refractivity contribution in [2.75, 3.05) is 0 Å². The summed E-state index contributed by atoms with van der Waals surface area (Å²) in [5, 5.41) is 0. The quantitative estimate of drug-likeness (QED) is 0.559. The van der Waals surface area contributed by atoms with Crippen LogP contribution in [-0.2, 0) is 4.79 Å². The SMILES string of the molecule is CC1(C)C[C@@H]2CCCCC(=O)[C@H]2C1. The van der Waals surface area contributed by atoms with Gasteiger partial charge in [0.15, 0.2) is 0 Å². The molecule has 74 valence electrons. The van der Waals surface area contributed by atoms with E-state index in [1.807, 2.05) is 0 Å². The molecule has 0 aromatic heterocycles. The number of hydrogen-bond donors (Lipinski definition) is 0. The van der Waals surface area contributed by atoms with Gasteiger partial charge in [-0.3, -0.25) is 4.79 Å². The zero-order valence-electron chi connectivity index (χ0n) is 8.81. The van der Waals surface area contributed by atoms with Gasteiger partial charge in [-0.05, 0) is 37.0 Å². The Labute approximate surface area is 80.9 Å². The predicted molar refractivity (Wildman–Crippen MR) is 53.5 cm³/mol. The van der Waals surface area contributed by atoms with Crippen LogP contribution in [0.2, 0.25) is 0 Å². The molecule has 0 heterocycles. The van der Waals surface area contributed by atoms with Crippen molar-refractivity contribution in [1.29, 1.82) is 0 Å². The molecule has 2 rings (SSSR count). The van der Waals surface area contributed by atoms with E-state index >= 15 is 0 Å². The van der Waals surface area contributed by atoms with Crippen molar-refractivity contribution < 1.29 is 4.79 Å². The molecular weight excluding hydrogens is 160 g/mol. The molecule has 2 aliphatic rings. The van der Waals surface area contributed by atoms with Crippen molar-refractivity contribution in [1.82, 2.24) is 0 Å². The van der Waals surface area contributed by atoms with Crippen LogP contribution in [0.5, 0.6) is 0 Å². The zero-order valence-corrected chi connectivity index (χ0v) is 8.81. The largest absolute Gasteiger partial charge is 0.299 e. The summed E-state index contributed by atoms with van der Waals surface area (Å²) in [5.74, 6) is 1.72. The summed E-state index contributed by atoms with van der Waals surface area (Å²) in [6.07, 6.45) is 7.02. The summed E-state index contributed by atoms with van der Waals surface area (Å²) >= 11 is 0. The van der Waals surface area contributed by atoms with E-state index in [9.17, 15) is 4.79 Å². The second-order valence-electron chi connectivity index (χ2n) is 5.65. The van der Waals surface area contributed by atoms with Gasteiger partial charge < -0.3 is 0 Å². The fourth-order valence-corrected chi connectivity index (χ4v) is 3.27. The minimum atomic E-state index is 0.428. The maximum absolute atomic E-state index is 11.8. The van der Waals surface area contributed by atoms with Crippen molar-refractivity contribution >= 4 is 5.78 Å². The topological polar surface area (TPSA) is 17.1 Å². The number of ketones is 1. The van der Waals surface area contributed by atoms with E-state index in [1.54, 1.807) is 0 Å². The highest BCUT2D eigenvalue weighted by Gasteiger charge is 2.42. The van der Waals surface area contributed by atoms with Crippen LogP contribution in [0.25, 0.3) is 0 Å². The fourth-order valence-electron chi connectivity index (χ4n) is 3.27. The van der Waals surface area contributed by atoms with Crippen LogP contribution in [-0.4, -0.2) is 5.78 Å². The molecule has 0 bridgehead atoms. The van der Waals surface area contributed by atoms with Crippen molar-refractivity contribution in [2.45, 2.75) is 52.4 Å². The van der Waals surface area contributed by atoms with Gasteiger partial charge in [0.25, 0.3) is 0 Å². The van der Waals surface area contributed by atoms with Gasteiger partial charge in [-0.15, -0.1) is 0 Å². The molecule has 0 N–H and O–H groups in total. The van der Waals surface area contributed by atoms with Crippen LogP contribution in [0.15, 0.2) is 0 Å². The Kier molecular flexibility index (Phi) is 2.21. The van der Waals surface area contributed by atoms with E-state index in [4.69, 9.17) is 0 Å². The van der Waals surface area contributed by atoms with Gasteiger partial charge >= 0.3 is 0 Å². The number of carbonyl (C=O) groups is 1. The molecule has 0 unspecified atom stereocenters. The van der Waals surface area contributed by atoms with Crippen LogP contribution in [0.3, 0.4) is 0 Å². The summed E-state index contributed by atoms with van der Waals surface area (Å²) in [4.78, 5) is 11.8. The molecule has 0 saturated heterocycles. The normalized spacial score (nSPS) is 38.5. The lowest BCUT2D eigenvalue weighted by atomic mass is 9.89. The van der Waals surface area contributed by atoms with E-state index in [0.717, 1.165) is 25.2 Å². The average molecular weight is 180 g/mol. The molecule has 2 aliphatic carbocycles. The smallest absolute Gasteiger partial charge is 0.136 e. The van der Waals surface area contributed by atoms with Gasteiger partial charge in [-0.2, -0.15) is 0 Å². The van der Waals surface area contributed by atoms with Crippen molar-refractivity contribution in [3.8, 4) is 0 Å². The highest BCUT2D eigenvalue weighted by molar-refractivity contribution is 5.81. The molecule has 0 aliphatic heterocycles. The maximum Gasteiger partial charge on any atom is 0.136 e. The van der Waals surface area contributed by atoms with Crippen molar-refractivity contribution in [3.05, 3.63) is 0 Å². The van der Waals surface area contributed by atoms with Gasteiger partial charge in [-0.1, -0.05) is 20.3 Å². The third kappa shape index (κ3) is 1.79. The standard InChI is InChI=1S/C12H20O/c1-12(2)7-9-5-3-4-6-11(13)10(9)8-12/h9-10H,3-8H2,1-2H3/t9-,10-/m0/s1. The fraction of sp³-hybridized carbons (Fsp3) is 0.917. The number of fused-ring (bicyclic) bond motifs is 1. The van der Waals surface area contributed by atoms with Gasteiger partial charge in [0.1, 0.15) is 5.78 Å². The second-order valence-corrected chi connectivity index (χ2v) is 5.65. The minimum absolute atomic E-state index is 0.428. The predicted octanol–water partition coefficient (Wildman–Crippen LogP) is 3.18. The molecule has 0 aromatic rings. The lowest BCUT2D eigenvalue weighted by Gasteiger charge is -2.16. The third-order valence-electron chi connectivity index (χ3n) is 3.82. The maximum atomic E-state index is 11.8. The highest BCUT2D eigenvalue weighted by Crippen LogP contribution is 2.48. The van der Waals surface area contributed by atoms with E-state index in [1.165, 1.54) is 19.3 Å². The minimum Gasteiger partial charge on any atom is -0.299 e. The monoisotopic (exact) mass is 180 g/mol. The van der Waals surface area contributed by atoms with E-state index in [2.05, 4.69) is 13.8 Å². The lowest BCUT2D eigenvalue weighted by molar-refractivity contribution is -0.123. The first-order chi connectivity index (χ1) is 6.08. The summed E-state index contributed by atoms with van der Waals surface area (Å²) < 4.78 is 0. The average Bonchev–Trinajstić information content (AvgIpc) is 2.26. The van der Waals surface area contributed by atoms with Crippen LogP contribution < -0.4 is 0 Å². The second kappa shape index (κ2) is 3.11. The number of rotatable bonds is 0. The zero-order chi connectivity index (χ0) is 9.47. The third-order valence-corrected chi connectivity index (χ3v) is 3.82. The molecular formula is C12H20O. The first kappa shape index (κ1) is 9.23. The Hall–Kier alpha value is -0.330. The Morgan fingerprint density at radius 3 is 2.77 bits per heavy atom. The van der Waals surface area contributed by atoms with E-state index < -0.39 is 0 Å². The van der Waals surface area contributed by atoms with Gasteiger partial charge in [0, 0.05) is 12.3 Å². The Morgan fingerprint density at radius 2 is 2.00 bits per heavy atom. The lowest BCUT2D eigenvalue weighted by Crippen LogP contribution is -2.16. The van der Waals surface area contributed by atoms with Crippen molar-refractivity contribution in [3.63, 3.8) is 0 Å². The summed E-state index contributed by atoms with van der Waals surface area (Å²) in [6, 6.07) is 0. The molecule has 2 fully saturated rings. The van der Waals surface area contributed by atoms with Crippen LogP contribution in [0.4, 0.5) is 0 Å². The molecule has 0 amide bonds. The number of Topliss-reactive ketones (excluding diaryl/α,β-unsaturated/α-hetero) is 1. The molecule has 13 heavy (non-hydrogen) atoms. The summed E-state index contributed by atoms with van der Waals surface area (Å²) in [7, 11) is 0. The Morgan fingerprint density at radius 1 is 1.23 bits per heavy atom. The van der Waals surface area contributed by atoms with Gasteiger partial charge in [0.2, 0.25) is 0 Å². The molecule has 0 spiro atoms. The summed E-state index contributed by atoms with van der Waals surface area (Å²) in [5.41, 5.74) is 0.433. The van der Waals surface area contributed by atoms with Crippen LogP contribution in [0, 0.1) is 17.3 Å². The van der Waals surface area contributed by atoms with Crippen molar-refractivity contribution in [2.24, 2.45) is 17.3 Å². The first-order valence-electron chi connectivity index (χ1n) is 5.61. The number of carbonyl (C=O) groups excluding carboxylic acids is 1. The highest BCUT2D eigenvalue weighted by atomic mass is 16.1. The molecule has 0 aromatic carbocycles. The van der Waals surface area contributed by atoms with E-state index in [0.29, 0.717) is 17.1 Å². The van der Waals surface area contributed by atoms with Crippen LogP contribution >= 0.6 is 0 Å². The Bertz CT molecular complexity index is 217. The molecule has 1 heteroatoms. The summed E-state index contributed by atoms with van der Waals surface area (Å²) in [6.45, 7) is 4.63. The number of hydrogen-bond acceptors (Lipinski definition) is 1. The van der Waals surface area contributed by atoms with Gasteiger partial charge in [-0.25, -0.2) is 0 Å². The molecule has 2 saturated carbocycles. The van der Waals surface area contributed by atoms with E-state index in [-0.39, 0.29) is 0 Å².